The van der Waals surface area contributed by atoms with E-state index in [0.717, 1.165) is 28.0 Å². The van der Waals surface area contributed by atoms with Gasteiger partial charge in [0.2, 0.25) is 5.91 Å². The van der Waals surface area contributed by atoms with Crippen LogP contribution in [0.15, 0.2) is 36.1 Å². The highest BCUT2D eigenvalue weighted by Gasteiger charge is 2.34. The third-order valence-corrected chi connectivity index (χ3v) is 5.09. The van der Waals surface area contributed by atoms with Gasteiger partial charge in [-0.05, 0) is 23.8 Å². The quantitative estimate of drug-likeness (QED) is 0.771. The number of anilines is 1. The van der Waals surface area contributed by atoms with E-state index < -0.39 is 0 Å². The number of thiazole rings is 1. The van der Waals surface area contributed by atoms with Crippen LogP contribution in [0.1, 0.15) is 11.5 Å². The minimum Gasteiger partial charge on any atom is -0.326 e. The number of fused-ring (bicyclic) bond motifs is 1. The van der Waals surface area contributed by atoms with E-state index in [9.17, 15) is 4.79 Å². The minimum absolute atomic E-state index is 0.0488. The van der Waals surface area contributed by atoms with Crippen molar-refractivity contribution in [2.45, 2.75) is 5.92 Å². The van der Waals surface area contributed by atoms with Gasteiger partial charge in [0.05, 0.1) is 27.8 Å². The Balaban J connectivity index is 1.53. The first-order valence-corrected chi connectivity index (χ1v) is 8.42. The Hall–Kier alpha value is -2.25. The van der Waals surface area contributed by atoms with Gasteiger partial charge >= 0.3 is 0 Å². The van der Waals surface area contributed by atoms with Crippen molar-refractivity contribution in [3.63, 3.8) is 0 Å². The van der Waals surface area contributed by atoms with Crippen molar-refractivity contribution in [3.05, 3.63) is 41.7 Å². The number of rotatable bonds is 3. The van der Waals surface area contributed by atoms with E-state index >= 15 is 0 Å². The van der Waals surface area contributed by atoms with Crippen LogP contribution in [0.3, 0.4) is 0 Å². The molecule has 1 saturated heterocycles. The van der Waals surface area contributed by atoms with Crippen LogP contribution in [0.25, 0.3) is 10.2 Å². The van der Waals surface area contributed by atoms with Crippen LogP contribution in [-0.4, -0.2) is 33.8 Å². The molecule has 3 heterocycles. The highest BCUT2D eigenvalue weighted by Crippen LogP contribution is 2.29. The normalized spacial score (nSPS) is 20.9. The lowest BCUT2D eigenvalue weighted by molar-refractivity contribution is -0.119. The number of aromatic nitrogens is 3. The second-order valence-electron chi connectivity index (χ2n) is 5.84. The predicted octanol–water partition coefficient (Wildman–Crippen LogP) is 1.97. The zero-order valence-corrected chi connectivity index (χ0v) is 13.5. The van der Waals surface area contributed by atoms with Gasteiger partial charge in [-0.3, -0.25) is 9.48 Å². The van der Waals surface area contributed by atoms with Crippen molar-refractivity contribution in [3.8, 4) is 0 Å². The molecule has 0 spiro atoms. The van der Waals surface area contributed by atoms with Gasteiger partial charge in [0.25, 0.3) is 0 Å². The molecule has 0 unspecified atom stereocenters. The van der Waals surface area contributed by atoms with Crippen molar-refractivity contribution in [2.24, 2.45) is 13.0 Å². The van der Waals surface area contributed by atoms with Crippen molar-refractivity contribution >= 4 is 33.1 Å². The number of amides is 1. The lowest BCUT2D eigenvalue weighted by atomic mass is 9.90. The van der Waals surface area contributed by atoms with Crippen molar-refractivity contribution in [1.29, 1.82) is 0 Å². The molecule has 2 aromatic heterocycles. The van der Waals surface area contributed by atoms with Crippen LogP contribution >= 0.6 is 11.3 Å². The molecule has 7 heteroatoms. The minimum atomic E-state index is -0.0867. The Kier molecular flexibility index (Phi) is 3.59. The fourth-order valence-corrected chi connectivity index (χ4v) is 3.82. The van der Waals surface area contributed by atoms with E-state index in [4.69, 9.17) is 0 Å². The standard InChI is InChI=1S/C16H17N5OS/c1-21-8-10(5-19-21)12-6-17-7-13(12)16(22)20-11-2-3-14-15(4-11)23-9-18-14/h2-5,8-9,12-13,17H,6-7H2,1H3,(H,20,22)/t12-,13+/m1/s1. The van der Waals surface area contributed by atoms with Gasteiger partial charge in [-0.15, -0.1) is 11.3 Å². The molecule has 0 saturated carbocycles. The molecule has 1 fully saturated rings. The third kappa shape index (κ3) is 2.73. The molecule has 1 aliphatic rings. The van der Waals surface area contributed by atoms with Crippen LogP contribution < -0.4 is 10.6 Å². The van der Waals surface area contributed by atoms with E-state index in [1.54, 1.807) is 16.0 Å². The summed E-state index contributed by atoms with van der Waals surface area (Å²) >= 11 is 1.58. The monoisotopic (exact) mass is 327 g/mol. The van der Waals surface area contributed by atoms with Crippen molar-refractivity contribution in [2.75, 3.05) is 18.4 Å². The zero-order chi connectivity index (χ0) is 15.8. The molecule has 6 nitrogen and oxygen atoms in total. The van der Waals surface area contributed by atoms with E-state index in [1.807, 2.05) is 43.2 Å². The summed E-state index contributed by atoms with van der Waals surface area (Å²) < 4.78 is 2.86. The SMILES string of the molecule is Cn1cc([C@H]2CNC[C@@H]2C(=O)Nc2ccc3ncsc3c2)cn1. The van der Waals surface area contributed by atoms with Crippen LogP contribution in [0.5, 0.6) is 0 Å². The maximum Gasteiger partial charge on any atom is 0.229 e. The first kappa shape index (κ1) is 14.3. The molecule has 1 aliphatic heterocycles. The number of aryl methyl sites for hydroxylation is 1. The van der Waals surface area contributed by atoms with Gasteiger partial charge in [0.15, 0.2) is 0 Å². The summed E-state index contributed by atoms with van der Waals surface area (Å²) in [6, 6.07) is 5.82. The second-order valence-corrected chi connectivity index (χ2v) is 6.73. The van der Waals surface area contributed by atoms with Gasteiger partial charge in [-0.1, -0.05) is 0 Å². The highest BCUT2D eigenvalue weighted by atomic mass is 32.1. The fraction of sp³-hybridized carbons (Fsp3) is 0.312. The topological polar surface area (TPSA) is 71.8 Å². The number of hydrogen-bond donors (Lipinski definition) is 2. The number of carbonyl (C=O) groups is 1. The van der Waals surface area contributed by atoms with Gasteiger partial charge in [-0.2, -0.15) is 5.10 Å². The predicted molar refractivity (Wildman–Crippen MR) is 90.6 cm³/mol. The molecule has 23 heavy (non-hydrogen) atoms. The highest BCUT2D eigenvalue weighted by molar-refractivity contribution is 7.16. The molecule has 1 amide bonds. The summed E-state index contributed by atoms with van der Waals surface area (Å²) in [6.07, 6.45) is 3.84. The number of benzene rings is 1. The molecular formula is C16H17N5OS. The van der Waals surface area contributed by atoms with E-state index in [1.165, 1.54) is 0 Å². The van der Waals surface area contributed by atoms with E-state index in [2.05, 4.69) is 20.7 Å². The average Bonchev–Trinajstić information content (AvgIpc) is 3.26. The number of nitrogens with zero attached hydrogens (tertiary/aromatic N) is 3. The molecule has 2 atom stereocenters. The Morgan fingerprint density at radius 1 is 1.43 bits per heavy atom. The molecule has 0 radical (unpaired) electrons. The molecular weight excluding hydrogens is 310 g/mol. The Labute approximate surface area is 137 Å². The summed E-state index contributed by atoms with van der Waals surface area (Å²) in [5, 5.41) is 10.6. The molecule has 0 bridgehead atoms. The summed E-state index contributed by atoms with van der Waals surface area (Å²) in [6.45, 7) is 1.49. The molecule has 2 N–H and O–H groups in total. The van der Waals surface area contributed by atoms with E-state index in [0.29, 0.717) is 6.54 Å². The Bertz CT molecular complexity index is 855. The van der Waals surface area contributed by atoms with Crippen molar-refractivity contribution < 1.29 is 4.79 Å². The molecule has 4 rings (SSSR count). The maximum atomic E-state index is 12.7. The molecule has 118 valence electrons. The second kappa shape index (κ2) is 5.75. The Morgan fingerprint density at radius 2 is 2.35 bits per heavy atom. The average molecular weight is 327 g/mol. The summed E-state index contributed by atoms with van der Waals surface area (Å²) in [4.78, 5) is 16.9. The lowest BCUT2D eigenvalue weighted by Crippen LogP contribution is -2.28. The summed E-state index contributed by atoms with van der Waals surface area (Å²) in [5.41, 5.74) is 4.71. The third-order valence-electron chi connectivity index (χ3n) is 4.30. The first-order chi connectivity index (χ1) is 11.2. The van der Waals surface area contributed by atoms with Crippen LogP contribution in [0, 0.1) is 5.92 Å². The van der Waals surface area contributed by atoms with Gasteiger partial charge < -0.3 is 10.6 Å². The van der Waals surface area contributed by atoms with Gasteiger partial charge in [0.1, 0.15) is 0 Å². The number of hydrogen-bond acceptors (Lipinski definition) is 5. The molecule has 1 aromatic carbocycles. The first-order valence-electron chi connectivity index (χ1n) is 7.54. The lowest BCUT2D eigenvalue weighted by Gasteiger charge is -2.17. The van der Waals surface area contributed by atoms with Gasteiger partial charge in [-0.25, -0.2) is 4.98 Å². The van der Waals surface area contributed by atoms with E-state index in [-0.39, 0.29) is 17.7 Å². The molecule has 0 aliphatic carbocycles. The smallest absolute Gasteiger partial charge is 0.229 e. The zero-order valence-electron chi connectivity index (χ0n) is 12.7. The maximum absolute atomic E-state index is 12.7. The summed E-state index contributed by atoms with van der Waals surface area (Å²) in [7, 11) is 1.89. The number of carbonyl (C=O) groups excluding carboxylic acids is 1. The fourth-order valence-electron chi connectivity index (χ4n) is 3.10. The Morgan fingerprint density at radius 3 is 3.17 bits per heavy atom. The number of nitrogens with one attached hydrogen (secondary N) is 2. The summed E-state index contributed by atoms with van der Waals surface area (Å²) in [5.74, 6) is 0.125. The largest absolute Gasteiger partial charge is 0.326 e. The molecule has 3 aromatic rings. The van der Waals surface area contributed by atoms with Crippen LogP contribution in [0.2, 0.25) is 0 Å². The van der Waals surface area contributed by atoms with Gasteiger partial charge in [0, 0.05) is 37.9 Å². The van der Waals surface area contributed by atoms with Crippen molar-refractivity contribution in [1.82, 2.24) is 20.1 Å². The van der Waals surface area contributed by atoms with Crippen LogP contribution in [-0.2, 0) is 11.8 Å². The van der Waals surface area contributed by atoms with Crippen LogP contribution in [0.4, 0.5) is 5.69 Å².